The highest BCUT2D eigenvalue weighted by Crippen LogP contribution is 2.23. The molecule has 0 radical (unpaired) electrons. The highest BCUT2D eigenvalue weighted by atomic mass is 35.5. The number of hydrogen-bond donors (Lipinski definition) is 0. The topological polar surface area (TPSA) is 9.23 Å². The van der Waals surface area contributed by atoms with Crippen LogP contribution in [0.4, 0.5) is 0 Å². The molecule has 0 amide bonds. The third-order valence-electron chi connectivity index (χ3n) is 3.48. The average molecular weight is 253 g/mol. The van der Waals surface area contributed by atoms with Gasteiger partial charge in [-0.05, 0) is 44.1 Å². The Hall–Kier alpha value is -0.530. The van der Waals surface area contributed by atoms with E-state index in [2.05, 4.69) is 31.2 Å². The van der Waals surface area contributed by atoms with Crippen LogP contribution < -0.4 is 0 Å². The molecule has 2 unspecified atom stereocenters. The number of rotatable bonds is 5. The summed E-state index contributed by atoms with van der Waals surface area (Å²) < 4.78 is 5.68. The molecule has 2 atom stereocenters. The Morgan fingerprint density at radius 2 is 2.12 bits per heavy atom. The largest absolute Gasteiger partial charge is 0.378 e. The Bertz CT molecular complexity index is 327. The molecule has 1 saturated heterocycles. The second kappa shape index (κ2) is 6.42. The Labute approximate surface area is 109 Å². The van der Waals surface area contributed by atoms with Crippen LogP contribution in [0.25, 0.3) is 0 Å². The molecule has 0 saturated carbocycles. The fourth-order valence-electron chi connectivity index (χ4n) is 2.46. The van der Waals surface area contributed by atoms with Crippen molar-refractivity contribution in [1.82, 2.24) is 0 Å². The number of benzene rings is 1. The summed E-state index contributed by atoms with van der Waals surface area (Å²) in [6.45, 7) is 3.05. The van der Waals surface area contributed by atoms with Gasteiger partial charge in [-0.1, -0.05) is 29.8 Å². The van der Waals surface area contributed by atoms with Crippen molar-refractivity contribution < 1.29 is 4.74 Å². The summed E-state index contributed by atoms with van der Waals surface area (Å²) in [5.74, 6) is 1.27. The average Bonchev–Trinajstić information content (AvgIpc) is 2.84. The van der Waals surface area contributed by atoms with Gasteiger partial charge < -0.3 is 4.74 Å². The summed E-state index contributed by atoms with van der Waals surface area (Å²) in [6, 6.07) is 8.77. The summed E-state index contributed by atoms with van der Waals surface area (Å²) in [7, 11) is 0. The summed E-state index contributed by atoms with van der Waals surface area (Å²) in [6.07, 6.45) is 5.05. The smallest absolute Gasteiger partial charge is 0.0579 e. The molecule has 0 aliphatic carbocycles. The molecule has 1 aromatic carbocycles. The molecule has 0 N–H and O–H groups in total. The zero-order chi connectivity index (χ0) is 12.1. The van der Waals surface area contributed by atoms with Crippen molar-refractivity contribution in [3.8, 4) is 0 Å². The lowest BCUT2D eigenvalue weighted by Crippen LogP contribution is -2.16. The lowest BCUT2D eigenvalue weighted by molar-refractivity contribution is 0.0922. The van der Waals surface area contributed by atoms with E-state index in [1.165, 1.54) is 24.0 Å². The second-order valence-electron chi connectivity index (χ2n) is 5.08. The van der Waals surface area contributed by atoms with Gasteiger partial charge in [-0.15, -0.1) is 11.6 Å². The van der Waals surface area contributed by atoms with Gasteiger partial charge in [0.2, 0.25) is 0 Å². The number of alkyl halides is 1. The first-order chi connectivity index (χ1) is 8.28. The molecule has 2 heteroatoms. The van der Waals surface area contributed by atoms with Gasteiger partial charge in [-0.25, -0.2) is 0 Å². The van der Waals surface area contributed by atoms with Crippen molar-refractivity contribution >= 4 is 11.6 Å². The third-order valence-corrected chi connectivity index (χ3v) is 3.92. The van der Waals surface area contributed by atoms with Gasteiger partial charge in [0.05, 0.1) is 6.10 Å². The van der Waals surface area contributed by atoms with E-state index in [-0.39, 0.29) is 0 Å². The molecule has 1 nitrogen and oxygen atoms in total. The van der Waals surface area contributed by atoms with Crippen LogP contribution in [0.5, 0.6) is 0 Å². The van der Waals surface area contributed by atoms with Crippen LogP contribution in [0.1, 0.15) is 30.4 Å². The summed E-state index contributed by atoms with van der Waals surface area (Å²) in [5.41, 5.74) is 2.70. The minimum absolute atomic E-state index is 0.448. The van der Waals surface area contributed by atoms with Gasteiger partial charge in [0.25, 0.3) is 0 Å². The van der Waals surface area contributed by atoms with Gasteiger partial charge in [0.15, 0.2) is 0 Å². The first kappa shape index (κ1) is 12.9. The zero-order valence-electron chi connectivity index (χ0n) is 10.5. The van der Waals surface area contributed by atoms with Crippen molar-refractivity contribution in [3.63, 3.8) is 0 Å². The molecular formula is C15H21ClO. The quantitative estimate of drug-likeness (QED) is 0.721. The Balaban J connectivity index is 1.87. The molecule has 94 valence electrons. The van der Waals surface area contributed by atoms with E-state index >= 15 is 0 Å². The highest BCUT2D eigenvalue weighted by Gasteiger charge is 2.20. The van der Waals surface area contributed by atoms with E-state index in [4.69, 9.17) is 16.3 Å². The zero-order valence-corrected chi connectivity index (χ0v) is 11.2. The molecule has 1 aromatic rings. The van der Waals surface area contributed by atoms with Crippen molar-refractivity contribution in [2.45, 2.75) is 38.7 Å². The first-order valence-electron chi connectivity index (χ1n) is 6.51. The van der Waals surface area contributed by atoms with E-state index in [0.29, 0.717) is 12.0 Å². The molecule has 17 heavy (non-hydrogen) atoms. The van der Waals surface area contributed by atoms with Gasteiger partial charge in [0, 0.05) is 12.5 Å². The van der Waals surface area contributed by atoms with Crippen LogP contribution in [-0.4, -0.2) is 18.6 Å². The predicted molar refractivity (Wildman–Crippen MR) is 72.7 cm³/mol. The SMILES string of the molecule is Cc1ccc(CC(CCl)CC2CCCO2)cc1. The van der Waals surface area contributed by atoms with Crippen LogP contribution >= 0.6 is 11.6 Å². The standard InChI is InChI=1S/C15H21ClO/c1-12-4-6-13(7-5-12)9-14(11-16)10-15-3-2-8-17-15/h4-7,14-15H,2-3,8-11H2,1H3. The van der Waals surface area contributed by atoms with Gasteiger partial charge >= 0.3 is 0 Å². The maximum absolute atomic E-state index is 6.07. The van der Waals surface area contributed by atoms with Crippen molar-refractivity contribution in [3.05, 3.63) is 35.4 Å². The van der Waals surface area contributed by atoms with Gasteiger partial charge in [-0.3, -0.25) is 0 Å². The minimum atomic E-state index is 0.448. The fourth-order valence-corrected chi connectivity index (χ4v) is 2.70. The minimum Gasteiger partial charge on any atom is -0.378 e. The maximum Gasteiger partial charge on any atom is 0.0579 e. The molecular weight excluding hydrogens is 232 g/mol. The molecule has 1 heterocycles. The van der Waals surface area contributed by atoms with Crippen LogP contribution in [0.3, 0.4) is 0 Å². The number of hydrogen-bond acceptors (Lipinski definition) is 1. The van der Waals surface area contributed by atoms with E-state index in [1.54, 1.807) is 0 Å². The second-order valence-corrected chi connectivity index (χ2v) is 5.39. The van der Waals surface area contributed by atoms with Crippen molar-refractivity contribution in [2.75, 3.05) is 12.5 Å². The van der Waals surface area contributed by atoms with Gasteiger partial charge in [0.1, 0.15) is 0 Å². The lowest BCUT2D eigenvalue weighted by Gasteiger charge is -2.18. The molecule has 0 aromatic heterocycles. The molecule has 1 fully saturated rings. The van der Waals surface area contributed by atoms with Crippen LogP contribution in [0.2, 0.25) is 0 Å². The normalized spacial score (nSPS) is 21.6. The number of ether oxygens (including phenoxy) is 1. The third kappa shape index (κ3) is 4.01. The van der Waals surface area contributed by atoms with Crippen molar-refractivity contribution in [2.24, 2.45) is 5.92 Å². The molecule has 0 bridgehead atoms. The van der Waals surface area contributed by atoms with E-state index in [1.807, 2.05) is 0 Å². The maximum atomic E-state index is 6.07. The molecule has 0 spiro atoms. The number of aryl methyl sites for hydroxylation is 1. The lowest BCUT2D eigenvalue weighted by atomic mass is 9.94. The van der Waals surface area contributed by atoms with Crippen LogP contribution in [0, 0.1) is 12.8 Å². The van der Waals surface area contributed by atoms with Gasteiger partial charge in [-0.2, -0.15) is 0 Å². The predicted octanol–water partition coefficient (Wildman–Crippen LogP) is 3.96. The monoisotopic (exact) mass is 252 g/mol. The highest BCUT2D eigenvalue weighted by molar-refractivity contribution is 6.18. The summed E-state index contributed by atoms with van der Waals surface area (Å²) in [4.78, 5) is 0. The van der Waals surface area contributed by atoms with E-state index in [9.17, 15) is 0 Å². The number of halogens is 1. The van der Waals surface area contributed by atoms with Crippen LogP contribution in [-0.2, 0) is 11.2 Å². The molecule has 1 aliphatic heterocycles. The van der Waals surface area contributed by atoms with E-state index < -0.39 is 0 Å². The summed E-state index contributed by atoms with van der Waals surface area (Å²) >= 11 is 6.07. The van der Waals surface area contributed by atoms with E-state index in [0.717, 1.165) is 25.3 Å². The van der Waals surface area contributed by atoms with Crippen LogP contribution in [0.15, 0.2) is 24.3 Å². The molecule has 2 rings (SSSR count). The summed E-state index contributed by atoms with van der Waals surface area (Å²) in [5, 5.41) is 0. The molecule has 1 aliphatic rings. The Kier molecular flexibility index (Phi) is 4.87. The first-order valence-corrected chi connectivity index (χ1v) is 7.04. The Morgan fingerprint density at radius 1 is 1.35 bits per heavy atom. The van der Waals surface area contributed by atoms with Crippen molar-refractivity contribution in [1.29, 1.82) is 0 Å². The fraction of sp³-hybridized carbons (Fsp3) is 0.600. The Morgan fingerprint density at radius 3 is 2.71 bits per heavy atom.